The molecule has 0 bridgehead atoms. The van der Waals surface area contributed by atoms with Gasteiger partial charge in [-0.2, -0.15) is 4.31 Å². The normalized spacial score (nSPS) is 20.1. The van der Waals surface area contributed by atoms with E-state index in [1.807, 2.05) is 0 Å². The van der Waals surface area contributed by atoms with Gasteiger partial charge in [0.15, 0.2) is 0 Å². The van der Waals surface area contributed by atoms with E-state index in [-0.39, 0.29) is 12.1 Å². The zero-order valence-corrected chi connectivity index (χ0v) is 16.9. The number of hydrogen-bond acceptors (Lipinski definition) is 3. The van der Waals surface area contributed by atoms with Crippen molar-refractivity contribution >= 4 is 33.7 Å². The summed E-state index contributed by atoms with van der Waals surface area (Å²) in [6.45, 7) is 1.44. The molecule has 1 aromatic carbocycles. The Balaban J connectivity index is 1.51. The summed E-state index contributed by atoms with van der Waals surface area (Å²) < 4.78 is 26.4. The Morgan fingerprint density at radius 1 is 1.04 bits per heavy atom. The Bertz CT molecular complexity index is 766. The van der Waals surface area contributed by atoms with E-state index >= 15 is 0 Å². The van der Waals surface area contributed by atoms with E-state index in [0.717, 1.165) is 31.2 Å². The average Bonchev–Trinajstić information content (AvgIpc) is 2.68. The Morgan fingerprint density at radius 3 is 2.30 bits per heavy atom. The highest BCUT2D eigenvalue weighted by Crippen LogP contribution is 2.18. The molecule has 6 nitrogen and oxygen atoms in total. The van der Waals surface area contributed by atoms with E-state index in [0.29, 0.717) is 31.2 Å². The quantitative estimate of drug-likeness (QED) is 0.826. The lowest BCUT2D eigenvalue weighted by atomic mass is 9.96. The Hall–Kier alpha value is -1.57. The maximum Gasteiger partial charge on any atom is 0.317 e. The summed E-state index contributed by atoms with van der Waals surface area (Å²) in [4.78, 5) is 14.1. The third-order valence-corrected chi connectivity index (χ3v) is 6.94. The number of nitrogens with one attached hydrogen (secondary N) is 1. The second-order valence-electron chi connectivity index (χ2n) is 7.07. The van der Waals surface area contributed by atoms with Crippen molar-refractivity contribution in [2.75, 3.05) is 26.2 Å². The first-order valence-corrected chi connectivity index (χ1v) is 11.3. The van der Waals surface area contributed by atoms with Gasteiger partial charge in [-0.15, -0.1) is 0 Å². The van der Waals surface area contributed by atoms with Crippen LogP contribution in [0.25, 0.3) is 6.08 Å². The van der Waals surface area contributed by atoms with Gasteiger partial charge < -0.3 is 10.2 Å². The van der Waals surface area contributed by atoms with Crippen molar-refractivity contribution in [3.8, 4) is 0 Å². The van der Waals surface area contributed by atoms with Gasteiger partial charge in [0.2, 0.25) is 10.0 Å². The summed E-state index contributed by atoms with van der Waals surface area (Å²) in [6, 6.07) is 7.16. The van der Waals surface area contributed by atoms with Gasteiger partial charge in [-0.1, -0.05) is 43.0 Å². The molecule has 1 aliphatic carbocycles. The van der Waals surface area contributed by atoms with Crippen LogP contribution in [-0.4, -0.2) is 55.9 Å². The van der Waals surface area contributed by atoms with E-state index in [1.54, 1.807) is 35.2 Å². The number of rotatable bonds is 4. The first-order chi connectivity index (χ1) is 12.9. The van der Waals surface area contributed by atoms with Crippen LogP contribution in [0.4, 0.5) is 4.79 Å². The molecule has 8 heteroatoms. The molecule has 0 aromatic heterocycles. The van der Waals surface area contributed by atoms with Crippen molar-refractivity contribution in [3.05, 3.63) is 40.3 Å². The number of carbonyl (C=O) groups is 1. The maximum atomic E-state index is 12.5. The molecular weight excluding hydrogens is 386 g/mol. The van der Waals surface area contributed by atoms with Crippen LogP contribution in [0.5, 0.6) is 0 Å². The highest BCUT2D eigenvalue weighted by molar-refractivity contribution is 7.92. The van der Waals surface area contributed by atoms with E-state index in [1.165, 1.54) is 16.1 Å². The van der Waals surface area contributed by atoms with Crippen molar-refractivity contribution in [2.45, 2.75) is 38.1 Å². The van der Waals surface area contributed by atoms with E-state index in [2.05, 4.69) is 5.32 Å². The highest BCUT2D eigenvalue weighted by Gasteiger charge is 2.28. The SMILES string of the molecule is O=C(NC1CCCCC1)N1CCN(S(=O)(=O)/C=C/c2ccc(Cl)cc2)CC1. The molecule has 0 unspecified atom stereocenters. The summed E-state index contributed by atoms with van der Waals surface area (Å²) in [7, 11) is -3.51. The molecule has 27 heavy (non-hydrogen) atoms. The van der Waals surface area contributed by atoms with Crippen molar-refractivity contribution in [1.29, 1.82) is 0 Å². The summed E-state index contributed by atoms with van der Waals surface area (Å²) in [5, 5.41) is 4.91. The fourth-order valence-corrected chi connectivity index (χ4v) is 4.78. The third-order valence-electron chi connectivity index (χ3n) is 5.12. The molecular formula is C19H26ClN3O3S. The van der Waals surface area contributed by atoms with Gasteiger partial charge in [-0.05, 0) is 36.6 Å². The summed E-state index contributed by atoms with van der Waals surface area (Å²) in [5.41, 5.74) is 0.772. The zero-order valence-electron chi connectivity index (χ0n) is 15.3. The molecule has 1 saturated heterocycles. The molecule has 2 aliphatic rings. The smallest absolute Gasteiger partial charge is 0.317 e. The van der Waals surface area contributed by atoms with Crippen LogP contribution in [0.2, 0.25) is 5.02 Å². The van der Waals surface area contributed by atoms with Crippen LogP contribution < -0.4 is 5.32 Å². The van der Waals surface area contributed by atoms with Crippen LogP contribution in [0.15, 0.2) is 29.7 Å². The number of halogens is 1. The highest BCUT2D eigenvalue weighted by atomic mass is 35.5. The lowest BCUT2D eigenvalue weighted by molar-refractivity contribution is 0.166. The summed E-state index contributed by atoms with van der Waals surface area (Å²) in [5.74, 6) is 0. The number of urea groups is 1. The number of benzene rings is 1. The first-order valence-electron chi connectivity index (χ1n) is 9.43. The minimum Gasteiger partial charge on any atom is -0.335 e. The zero-order chi connectivity index (χ0) is 19.3. The Morgan fingerprint density at radius 2 is 1.67 bits per heavy atom. The number of carbonyl (C=O) groups excluding carboxylic acids is 1. The Labute approximate surface area is 166 Å². The van der Waals surface area contributed by atoms with Crippen molar-refractivity contribution in [3.63, 3.8) is 0 Å². The molecule has 1 aliphatic heterocycles. The van der Waals surface area contributed by atoms with Gasteiger partial charge >= 0.3 is 6.03 Å². The lowest BCUT2D eigenvalue weighted by Gasteiger charge is -2.34. The second kappa shape index (κ2) is 9.08. The monoisotopic (exact) mass is 411 g/mol. The van der Waals surface area contributed by atoms with Crippen LogP contribution in [0.3, 0.4) is 0 Å². The summed E-state index contributed by atoms with van der Waals surface area (Å²) in [6.07, 6.45) is 7.21. The van der Waals surface area contributed by atoms with Crippen LogP contribution in [0, 0.1) is 0 Å². The van der Waals surface area contributed by atoms with Gasteiger partial charge in [0.05, 0.1) is 0 Å². The lowest BCUT2D eigenvalue weighted by Crippen LogP contribution is -2.54. The number of nitrogens with zero attached hydrogens (tertiary/aromatic N) is 2. The fourth-order valence-electron chi connectivity index (χ4n) is 3.48. The van der Waals surface area contributed by atoms with Crippen LogP contribution in [0.1, 0.15) is 37.7 Å². The van der Waals surface area contributed by atoms with Gasteiger partial charge in [0.1, 0.15) is 0 Å². The van der Waals surface area contributed by atoms with E-state index < -0.39 is 10.0 Å². The predicted molar refractivity (Wildman–Crippen MR) is 108 cm³/mol. The Kier molecular flexibility index (Phi) is 6.78. The molecule has 0 spiro atoms. The molecule has 1 saturated carbocycles. The standard InChI is InChI=1S/C19H26ClN3O3S/c20-17-8-6-16(7-9-17)10-15-27(25,26)23-13-11-22(12-14-23)19(24)21-18-4-2-1-3-5-18/h6-10,15,18H,1-5,11-14H2,(H,21,24)/b15-10+. The predicted octanol–water partition coefficient (Wildman–Crippen LogP) is 3.30. The molecule has 1 aromatic rings. The van der Waals surface area contributed by atoms with Crippen molar-refractivity contribution in [2.24, 2.45) is 0 Å². The first kappa shape index (κ1) is 20.2. The van der Waals surface area contributed by atoms with Crippen LogP contribution >= 0.6 is 11.6 Å². The minimum absolute atomic E-state index is 0.0735. The molecule has 1 N–H and O–H groups in total. The molecule has 0 atom stereocenters. The number of sulfonamides is 1. The minimum atomic E-state index is -3.51. The van der Waals surface area contributed by atoms with Gasteiger partial charge in [-0.3, -0.25) is 0 Å². The summed E-state index contributed by atoms with van der Waals surface area (Å²) >= 11 is 5.84. The number of hydrogen-bond donors (Lipinski definition) is 1. The maximum absolute atomic E-state index is 12.5. The van der Waals surface area contributed by atoms with E-state index in [4.69, 9.17) is 11.6 Å². The van der Waals surface area contributed by atoms with Gasteiger partial charge in [0.25, 0.3) is 0 Å². The van der Waals surface area contributed by atoms with Gasteiger partial charge in [-0.25, -0.2) is 13.2 Å². The molecule has 0 radical (unpaired) electrons. The topological polar surface area (TPSA) is 69.7 Å². The van der Waals surface area contributed by atoms with Crippen molar-refractivity contribution < 1.29 is 13.2 Å². The fraction of sp³-hybridized carbons (Fsp3) is 0.526. The van der Waals surface area contributed by atoms with E-state index in [9.17, 15) is 13.2 Å². The van der Waals surface area contributed by atoms with Crippen LogP contribution in [-0.2, 0) is 10.0 Å². The largest absolute Gasteiger partial charge is 0.335 e. The number of piperazine rings is 1. The molecule has 2 amide bonds. The van der Waals surface area contributed by atoms with Crippen molar-refractivity contribution in [1.82, 2.24) is 14.5 Å². The number of amides is 2. The van der Waals surface area contributed by atoms with Gasteiger partial charge in [0, 0.05) is 42.7 Å². The molecule has 1 heterocycles. The molecule has 148 valence electrons. The average molecular weight is 412 g/mol. The molecule has 2 fully saturated rings. The second-order valence-corrected chi connectivity index (χ2v) is 9.32. The molecule has 3 rings (SSSR count). The third kappa shape index (κ3) is 5.70.